The molecule has 0 atom stereocenters. The van der Waals surface area contributed by atoms with E-state index in [2.05, 4.69) is 17.0 Å². The van der Waals surface area contributed by atoms with Crippen LogP contribution >= 0.6 is 0 Å². The van der Waals surface area contributed by atoms with Gasteiger partial charge < -0.3 is 9.84 Å². The number of likely N-dealkylation sites (tertiary alicyclic amines) is 1. The fourth-order valence-electron chi connectivity index (χ4n) is 4.72. The first-order chi connectivity index (χ1) is 18.2. The van der Waals surface area contributed by atoms with Crippen LogP contribution in [0.4, 0.5) is 11.4 Å². The van der Waals surface area contributed by atoms with Crippen LogP contribution in [0.15, 0.2) is 103 Å². The number of aromatic hydroxyl groups is 1. The summed E-state index contributed by atoms with van der Waals surface area (Å²) in [6.07, 6.45) is 3.86. The molecular formula is C32H32N2O3. The van der Waals surface area contributed by atoms with Crippen molar-refractivity contribution in [2.45, 2.75) is 19.3 Å². The van der Waals surface area contributed by atoms with E-state index in [4.69, 9.17) is 4.74 Å². The molecule has 1 fully saturated rings. The monoisotopic (exact) mass is 492 g/mol. The lowest BCUT2D eigenvalue weighted by molar-refractivity contribution is 0.0999. The topological polar surface area (TPSA) is 53.0 Å². The molecule has 0 spiro atoms. The van der Waals surface area contributed by atoms with E-state index >= 15 is 0 Å². The zero-order chi connectivity index (χ0) is 25.5. The Kier molecular flexibility index (Phi) is 7.82. The zero-order valence-electron chi connectivity index (χ0n) is 20.9. The summed E-state index contributed by atoms with van der Waals surface area (Å²) >= 11 is 0. The molecule has 0 unspecified atom stereocenters. The number of phenolic OH excluding ortho intramolecular Hbond substituents is 1. The highest BCUT2D eigenvalue weighted by molar-refractivity contribution is 6.11. The van der Waals surface area contributed by atoms with Gasteiger partial charge in [-0.05, 0) is 97.7 Å². The van der Waals surface area contributed by atoms with Crippen LogP contribution in [0.3, 0.4) is 0 Å². The SMILES string of the molecule is O=C(c1ccc(-c2ccccc2)cc1)N(c1ccc(O)cc1)c1ccc(OCCN2CCCCC2)cc1. The Hall–Kier alpha value is -4.09. The molecule has 1 amide bonds. The number of nitrogens with zero attached hydrogens (tertiary/aromatic N) is 2. The first kappa shape index (κ1) is 24.6. The molecule has 1 aliphatic rings. The van der Waals surface area contributed by atoms with E-state index < -0.39 is 0 Å². The highest BCUT2D eigenvalue weighted by Gasteiger charge is 2.20. The Bertz CT molecular complexity index is 1280. The highest BCUT2D eigenvalue weighted by atomic mass is 16.5. The van der Waals surface area contributed by atoms with Crippen LogP contribution in [0, 0.1) is 0 Å². The van der Waals surface area contributed by atoms with Gasteiger partial charge in [0.2, 0.25) is 0 Å². The number of amides is 1. The van der Waals surface area contributed by atoms with Gasteiger partial charge in [0.25, 0.3) is 5.91 Å². The second-order valence-electron chi connectivity index (χ2n) is 9.35. The lowest BCUT2D eigenvalue weighted by atomic mass is 10.0. The van der Waals surface area contributed by atoms with Crippen molar-refractivity contribution in [3.63, 3.8) is 0 Å². The molecule has 1 saturated heterocycles. The molecule has 188 valence electrons. The minimum absolute atomic E-state index is 0.149. The highest BCUT2D eigenvalue weighted by Crippen LogP contribution is 2.31. The summed E-state index contributed by atoms with van der Waals surface area (Å²) < 4.78 is 5.99. The number of carbonyl (C=O) groups excluding carboxylic acids is 1. The molecule has 4 aromatic carbocycles. The van der Waals surface area contributed by atoms with E-state index in [1.54, 1.807) is 29.2 Å². The third-order valence-electron chi connectivity index (χ3n) is 6.77. The minimum atomic E-state index is -0.149. The van der Waals surface area contributed by atoms with E-state index in [-0.39, 0.29) is 11.7 Å². The summed E-state index contributed by atoms with van der Waals surface area (Å²) in [5.74, 6) is 0.788. The van der Waals surface area contributed by atoms with Crippen molar-refractivity contribution < 1.29 is 14.6 Å². The Balaban J connectivity index is 1.34. The molecule has 37 heavy (non-hydrogen) atoms. The van der Waals surface area contributed by atoms with Crippen molar-refractivity contribution in [2.24, 2.45) is 0 Å². The maximum Gasteiger partial charge on any atom is 0.262 e. The van der Waals surface area contributed by atoms with Crippen molar-refractivity contribution in [1.29, 1.82) is 0 Å². The van der Waals surface area contributed by atoms with E-state index in [1.807, 2.05) is 66.7 Å². The molecule has 1 heterocycles. The number of hydrogen-bond acceptors (Lipinski definition) is 4. The molecule has 0 saturated carbocycles. The smallest absolute Gasteiger partial charge is 0.262 e. The second kappa shape index (κ2) is 11.8. The van der Waals surface area contributed by atoms with Gasteiger partial charge in [-0.3, -0.25) is 14.6 Å². The van der Waals surface area contributed by atoms with Gasteiger partial charge >= 0.3 is 0 Å². The van der Waals surface area contributed by atoms with Crippen LogP contribution in [0.25, 0.3) is 11.1 Å². The van der Waals surface area contributed by atoms with E-state index in [9.17, 15) is 9.90 Å². The van der Waals surface area contributed by atoms with Gasteiger partial charge in [0.1, 0.15) is 18.1 Å². The van der Waals surface area contributed by atoms with Gasteiger partial charge in [-0.15, -0.1) is 0 Å². The van der Waals surface area contributed by atoms with Gasteiger partial charge in [-0.2, -0.15) is 0 Å². The predicted octanol–water partition coefficient (Wildman–Crippen LogP) is 6.90. The molecule has 5 heteroatoms. The maximum absolute atomic E-state index is 13.7. The molecule has 0 aliphatic carbocycles. The molecule has 1 aliphatic heterocycles. The average molecular weight is 493 g/mol. The maximum atomic E-state index is 13.7. The Morgan fingerprint density at radius 3 is 1.97 bits per heavy atom. The third-order valence-corrected chi connectivity index (χ3v) is 6.77. The fraction of sp³-hybridized carbons (Fsp3) is 0.219. The minimum Gasteiger partial charge on any atom is -0.508 e. The lowest BCUT2D eigenvalue weighted by Crippen LogP contribution is -2.33. The van der Waals surface area contributed by atoms with E-state index in [0.29, 0.717) is 17.9 Å². The molecule has 0 bridgehead atoms. The van der Waals surface area contributed by atoms with Crippen LogP contribution < -0.4 is 9.64 Å². The van der Waals surface area contributed by atoms with Crippen molar-refractivity contribution in [3.05, 3.63) is 109 Å². The van der Waals surface area contributed by atoms with Gasteiger partial charge in [-0.25, -0.2) is 0 Å². The number of piperidine rings is 1. The van der Waals surface area contributed by atoms with Crippen LogP contribution in [0.5, 0.6) is 11.5 Å². The number of anilines is 2. The molecule has 1 N–H and O–H groups in total. The van der Waals surface area contributed by atoms with Gasteiger partial charge in [0, 0.05) is 23.5 Å². The Labute approximate surface area is 218 Å². The molecule has 5 rings (SSSR count). The molecule has 5 nitrogen and oxygen atoms in total. The van der Waals surface area contributed by atoms with E-state index in [0.717, 1.165) is 42.2 Å². The lowest BCUT2D eigenvalue weighted by Gasteiger charge is -2.26. The largest absolute Gasteiger partial charge is 0.508 e. The molecule has 0 radical (unpaired) electrons. The van der Waals surface area contributed by atoms with Crippen LogP contribution in [0.2, 0.25) is 0 Å². The second-order valence-corrected chi connectivity index (χ2v) is 9.35. The Morgan fingerprint density at radius 1 is 0.730 bits per heavy atom. The van der Waals surface area contributed by atoms with Crippen LogP contribution in [0.1, 0.15) is 29.6 Å². The zero-order valence-corrected chi connectivity index (χ0v) is 20.9. The van der Waals surface area contributed by atoms with Crippen molar-refractivity contribution in [2.75, 3.05) is 31.1 Å². The fourth-order valence-corrected chi connectivity index (χ4v) is 4.72. The summed E-state index contributed by atoms with van der Waals surface area (Å²) in [7, 11) is 0. The summed E-state index contributed by atoms with van der Waals surface area (Å²) in [6, 6.07) is 32.0. The van der Waals surface area contributed by atoms with Gasteiger partial charge in [-0.1, -0.05) is 48.9 Å². The quantitative estimate of drug-likeness (QED) is 0.291. The van der Waals surface area contributed by atoms with Crippen LogP contribution in [-0.2, 0) is 0 Å². The van der Waals surface area contributed by atoms with Crippen molar-refractivity contribution in [1.82, 2.24) is 4.90 Å². The number of phenols is 1. The number of ether oxygens (including phenoxy) is 1. The first-order valence-corrected chi connectivity index (χ1v) is 12.9. The number of benzene rings is 4. The number of rotatable bonds is 8. The summed E-state index contributed by atoms with van der Waals surface area (Å²) in [5, 5.41) is 9.79. The van der Waals surface area contributed by atoms with Crippen molar-refractivity contribution >= 4 is 17.3 Å². The van der Waals surface area contributed by atoms with Gasteiger partial charge in [0.05, 0.1) is 0 Å². The molecule has 0 aromatic heterocycles. The van der Waals surface area contributed by atoms with Gasteiger partial charge in [0.15, 0.2) is 0 Å². The van der Waals surface area contributed by atoms with Crippen molar-refractivity contribution in [3.8, 4) is 22.6 Å². The Morgan fingerprint density at radius 2 is 1.32 bits per heavy atom. The first-order valence-electron chi connectivity index (χ1n) is 12.9. The normalized spacial score (nSPS) is 13.7. The molecular weight excluding hydrogens is 460 g/mol. The van der Waals surface area contributed by atoms with E-state index in [1.165, 1.54) is 19.3 Å². The number of hydrogen-bond donors (Lipinski definition) is 1. The summed E-state index contributed by atoms with van der Waals surface area (Å²) in [5.41, 5.74) is 4.14. The average Bonchev–Trinajstić information content (AvgIpc) is 2.96. The number of carbonyl (C=O) groups is 1. The standard InChI is InChI=1S/C32H32N2O3/c35-30-17-13-28(14-18-30)34(32(36)27-11-9-26(10-12-27)25-7-3-1-4-8-25)29-15-19-31(20-16-29)37-24-23-33-21-5-2-6-22-33/h1,3-4,7-20,35H,2,5-6,21-24H2. The summed E-state index contributed by atoms with van der Waals surface area (Å²) in [6.45, 7) is 3.88. The third kappa shape index (κ3) is 6.19. The molecule has 4 aromatic rings. The predicted molar refractivity (Wildman–Crippen MR) is 149 cm³/mol. The summed E-state index contributed by atoms with van der Waals surface area (Å²) in [4.78, 5) is 17.8. The van der Waals surface area contributed by atoms with Crippen LogP contribution in [-0.4, -0.2) is 42.2 Å².